The minimum atomic E-state index is -4.65. The van der Waals surface area contributed by atoms with Crippen molar-refractivity contribution in [3.63, 3.8) is 0 Å². The number of thiophene rings is 1. The molecular formula is C13H14F3N3O2S. The third-order valence-corrected chi connectivity index (χ3v) is 3.85. The van der Waals surface area contributed by atoms with Crippen molar-refractivity contribution in [2.24, 2.45) is 0 Å². The zero-order valence-electron chi connectivity index (χ0n) is 11.7. The van der Waals surface area contributed by atoms with Gasteiger partial charge in [0.05, 0.1) is 11.4 Å². The van der Waals surface area contributed by atoms with Crippen LogP contribution in [0.1, 0.15) is 37.0 Å². The Bertz CT molecular complexity index is 637. The van der Waals surface area contributed by atoms with Gasteiger partial charge in [0.15, 0.2) is 0 Å². The van der Waals surface area contributed by atoms with Crippen molar-refractivity contribution in [3.05, 3.63) is 22.9 Å². The van der Waals surface area contributed by atoms with E-state index in [-0.39, 0.29) is 11.7 Å². The third kappa shape index (κ3) is 4.30. The molecule has 0 bridgehead atoms. The molecule has 0 aliphatic heterocycles. The predicted molar refractivity (Wildman–Crippen MR) is 74.0 cm³/mol. The Hall–Kier alpha value is -1.90. The molecule has 0 aliphatic carbocycles. The Kier molecular flexibility index (Phi) is 5.17. The second-order valence-electron chi connectivity index (χ2n) is 4.57. The Balaban J connectivity index is 1.97. The van der Waals surface area contributed by atoms with Crippen molar-refractivity contribution in [2.45, 2.75) is 38.9 Å². The second-order valence-corrected chi connectivity index (χ2v) is 5.74. The molecule has 0 saturated heterocycles. The number of halogens is 3. The second kappa shape index (κ2) is 6.91. The van der Waals surface area contributed by atoms with Crippen LogP contribution in [0, 0.1) is 0 Å². The van der Waals surface area contributed by atoms with Gasteiger partial charge in [-0.2, -0.15) is 18.2 Å². The maximum Gasteiger partial charge on any atom is 0.471 e. The number of aromatic nitrogens is 2. The van der Waals surface area contributed by atoms with E-state index < -0.39 is 12.1 Å². The molecule has 22 heavy (non-hydrogen) atoms. The van der Waals surface area contributed by atoms with Crippen LogP contribution in [0.5, 0.6) is 0 Å². The van der Waals surface area contributed by atoms with Crippen molar-refractivity contribution in [3.8, 4) is 10.7 Å². The fourth-order valence-corrected chi connectivity index (χ4v) is 2.52. The number of amides is 1. The molecule has 0 saturated carbocycles. The average Bonchev–Trinajstić information content (AvgIpc) is 3.10. The summed E-state index contributed by atoms with van der Waals surface area (Å²) in [4.78, 5) is 16.1. The summed E-state index contributed by atoms with van der Waals surface area (Å²) in [5, 5.41) is 6.07. The van der Waals surface area contributed by atoms with Crippen LogP contribution in [-0.4, -0.2) is 16.0 Å². The molecule has 5 nitrogen and oxygen atoms in total. The van der Waals surface area contributed by atoms with Crippen LogP contribution in [0.15, 0.2) is 16.7 Å². The number of nitrogens with one attached hydrogen (secondary N) is 1. The van der Waals surface area contributed by atoms with Crippen LogP contribution >= 0.6 is 11.3 Å². The van der Waals surface area contributed by atoms with Crippen LogP contribution < -0.4 is 5.32 Å². The maximum atomic E-state index is 12.4. The fourth-order valence-electron chi connectivity index (χ4n) is 1.64. The lowest BCUT2D eigenvalue weighted by Crippen LogP contribution is -2.21. The number of carbonyl (C=O) groups excluding carboxylic acids is 1. The van der Waals surface area contributed by atoms with Crippen molar-refractivity contribution in [2.75, 3.05) is 0 Å². The molecule has 2 aromatic rings. The number of unbranched alkanes of at least 4 members (excludes halogenated alkanes) is 1. The highest BCUT2D eigenvalue weighted by Crippen LogP contribution is 2.31. The first-order valence-corrected chi connectivity index (χ1v) is 7.48. The normalized spacial score (nSPS) is 11.6. The molecule has 0 spiro atoms. The van der Waals surface area contributed by atoms with Gasteiger partial charge >= 0.3 is 12.1 Å². The van der Waals surface area contributed by atoms with E-state index >= 15 is 0 Å². The van der Waals surface area contributed by atoms with E-state index in [4.69, 9.17) is 0 Å². The zero-order chi connectivity index (χ0) is 16.2. The summed E-state index contributed by atoms with van der Waals surface area (Å²) in [5.41, 5.74) is 0. The molecule has 1 N–H and O–H groups in total. The summed E-state index contributed by atoms with van der Waals surface area (Å²) < 4.78 is 41.4. The smallest absolute Gasteiger partial charge is 0.351 e. The van der Waals surface area contributed by atoms with E-state index in [1.807, 2.05) is 6.92 Å². The van der Waals surface area contributed by atoms with E-state index in [0.717, 1.165) is 17.7 Å². The Labute approximate surface area is 128 Å². The first kappa shape index (κ1) is 16.5. The number of rotatable bonds is 6. The van der Waals surface area contributed by atoms with Gasteiger partial charge in [0, 0.05) is 11.3 Å². The topological polar surface area (TPSA) is 68.0 Å². The Morgan fingerprint density at radius 2 is 2.18 bits per heavy atom. The molecular weight excluding hydrogens is 319 g/mol. The van der Waals surface area contributed by atoms with Gasteiger partial charge < -0.3 is 9.84 Å². The molecule has 0 atom stereocenters. The standard InChI is InChI=1S/C13H14F3N3O2S/c1-2-3-4-10(20)17-7-8-5-6-9(22-8)11-18-12(21-19-11)13(14,15)16/h5-6H,2-4,7H2,1H3,(H,17,20). The lowest BCUT2D eigenvalue weighted by Gasteiger charge is -2.02. The number of hydrogen-bond donors (Lipinski definition) is 1. The average molecular weight is 333 g/mol. The summed E-state index contributed by atoms with van der Waals surface area (Å²) in [6, 6.07) is 3.31. The quantitative estimate of drug-likeness (QED) is 0.876. The Morgan fingerprint density at radius 3 is 2.82 bits per heavy atom. The highest BCUT2D eigenvalue weighted by molar-refractivity contribution is 7.15. The van der Waals surface area contributed by atoms with Gasteiger partial charge in [0.2, 0.25) is 11.7 Å². The largest absolute Gasteiger partial charge is 0.471 e. The molecule has 0 radical (unpaired) electrons. The third-order valence-electron chi connectivity index (χ3n) is 2.77. The van der Waals surface area contributed by atoms with Crippen LogP contribution in [-0.2, 0) is 17.5 Å². The van der Waals surface area contributed by atoms with Crippen LogP contribution in [0.2, 0.25) is 0 Å². The minimum Gasteiger partial charge on any atom is -0.351 e. The van der Waals surface area contributed by atoms with Gasteiger partial charge in [-0.3, -0.25) is 4.79 Å². The van der Waals surface area contributed by atoms with Gasteiger partial charge in [-0.1, -0.05) is 18.5 Å². The molecule has 9 heteroatoms. The van der Waals surface area contributed by atoms with E-state index in [1.165, 1.54) is 11.3 Å². The molecule has 0 fully saturated rings. The molecule has 0 unspecified atom stereocenters. The molecule has 2 heterocycles. The Morgan fingerprint density at radius 1 is 1.41 bits per heavy atom. The van der Waals surface area contributed by atoms with Crippen molar-refractivity contribution in [1.29, 1.82) is 0 Å². The van der Waals surface area contributed by atoms with Gasteiger partial charge in [0.25, 0.3) is 0 Å². The lowest BCUT2D eigenvalue weighted by atomic mass is 10.2. The zero-order valence-corrected chi connectivity index (χ0v) is 12.6. The van der Waals surface area contributed by atoms with E-state index in [9.17, 15) is 18.0 Å². The summed E-state index contributed by atoms with van der Waals surface area (Å²) >= 11 is 1.21. The van der Waals surface area contributed by atoms with E-state index in [1.54, 1.807) is 12.1 Å². The summed E-state index contributed by atoms with van der Waals surface area (Å²) in [6.07, 6.45) is -2.42. The molecule has 2 rings (SSSR count). The van der Waals surface area contributed by atoms with Crippen LogP contribution in [0.3, 0.4) is 0 Å². The summed E-state index contributed by atoms with van der Waals surface area (Å²) in [5.74, 6) is -1.53. The summed E-state index contributed by atoms with van der Waals surface area (Å²) in [6.45, 7) is 2.33. The minimum absolute atomic E-state index is 0.0456. The van der Waals surface area contributed by atoms with Gasteiger partial charge in [-0.25, -0.2) is 0 Å². The molecule has 120 valence electrons. The van der Waals surface area contributed by atoms with Gasteiger partial charge in [0.1, 0.15) is 0 Å². The lowest BCUT2D eigenvalue weighted by molar-refractivity contribution is -0.159. The van der Waals surface area contributed by atoms with E-state index in [0.29, 0.717) is 17.8 Å². The maximum absolute atomic E-state index is 12.4. The van der Waals surface area contributed by atoms with Gasteiger partial charge in [-0.15, -0.1) is 11.3 Å². The fraction of sp³-hybridized carbons (Fsp3) is 0.462. The number of hydrogen-bond acceptors (Lipinski definition) is 5. The van der Waals surface area contributed by atoms with Crippen molar-refractivity contribution in [1.82, 2.24) is 15.5 Å². The van der Waals surface area contributed by atoms with Crippen LogP contribution in [0.4, 0.5) is 13.2 Å². The van der Waals surface area contributed by atoms with E-state index in [2.05, 4.69) is 20.0 Å². The molecule has 0 aromatic carbocycles. The number of alkyl halides is 3. The van der Waals surface area contributed by atoms with Crippen molar-refractivity contribution < 1.29 is 22.5 Å². The highest BCUT2D eigenvalue weighted by Gasteiger charge is 2.38. The number of carbonyl (C=O) groups is 1. The number of nitrogens with zero attached hydrogens (tertiary/aromatic N) is 2. The SMILES string of the molecule is CCCCC(=O)NCc1ccc(-c2noc(C(F)(F)F)n2)s1. The summed E-state index contributed by atoms with van der Waals surface area (Å²) in [7, 11) is 0. The first-order valence-electron chi connectivity index (χ1n) is 6.67. The van der Waals surface area contributed by atoms with Gasteiger partial charge in [-0.05, 0) is 18.6 Å². The molecule has 0 aliphatic rings. The predicted octanol–water partition coefficient (Wildman–Crippen LogP) is 3.62. The molecule has 2 aromatic heterocycles. The monoisotopic (exact) mass is 333 g/mol. The van der Waals surface area contributed by atoms with Crippen molar-refractivity contribution >= 4 is 17.2 Å². The molecule has 1 amide bonds. The first-order chi connectivity index (χ1) is 10.4. The highest BCUT2D eigenvalue weighted by atomic mass is 32.1. The van der Waals surface area contributed by atoms with Crippen LogP contribution in [0.25, 0.3) is 10.7 Å².